The largest absolute Gasteiger partial charge is 0.573 e. The number of aromatic amines is 1. The molecule has 3 heterocycles. The van der Waals surface area contributed by atoms with Crippen LogP contribution in [0, 0.1) is 11.8 Å². The topological polar surface area (TPSA) is 75.3 Å². The standard InChI is InChI=1S/C24H22F3N5O2/c1-3-16(2)32-11-10-18(14-32)31-23-19-13-17(30-22(19)28-15-29-23)7-6-12-33-20-8-4-5-9-21(20)34-24(25,26)27/h3-5,8-9,13,15,18H,1-2,10-12,14H2,(H2,28,29,30,31)/t18-/m1/s1. The first-order valence-corrected chi connectivity index (χ1v) is 10.5. The highest BCUT2D eigenvalue weighted by Gasteiger charge is 2.32. The summed E-state index contributed by atoms with van der Waals surface area (Å²) in [6.45, 7) is 9.31. The van der Waals surface area contributed by atoms with Gasteiger partial charge in [0, 0.05) is 24.8 Å². The van der Waals surface area contributed by atoms with Gasteiger partial charge in [0.25, 0.3) is 0 Å². The zero-order valence-electron chi connectivity index (χ0n) is 18.2. The number of aromatic nitrogens is 3. The van der Waals surface area contributed by atoms with Gasteiger partial charge in [-0.25, -0.2) is 9.97 Å². The number of para-hydroxylation sites is 2. The molecule has 0 spiro atoms. The van der Waals surface area contributed by atoms with Crippen LogP contribution in [-0.2, 0) is 0 Å². The van der Waals surface area contributed by atoms with Gasteiger partial charge in [0.2, 0.25) is 0 Å². The van der Waals surface area contributed by atoms with E-state index in [2.05, 4.69) is 54.9 Å². The third-order valence-corrected chi connectivity index (χ3v) is 5.19. The minimum Gasteiger partial charge on any atom is -0.477 e. The number of ether oxygens (including phenoxy) is 2. The van der Waals surface area contributed by atoms with Gasteiger partial charge in [0.15, 0.2) is 11.5 Å². The Balaban J connectivity index is 1.42. The molecule has 1 saturated heterocycles. The molecule has 0 aliphatic carbocycles. The Morgan fingerprint density at radius 3 is 2.85 bits per heavy atom. The Morgan fingerprint density at radius 2 is 2.09 bits per heavy atom. The summed E-state index contributed by atoms with van der Waals surface area (Å²) in [5.74, 6) is 5.91. The molecule has 7 nitrogen and oxygen atoms in total. The molecule has 1 aliphatic rings. The van der Waals surface area contributed by atoms with Crippen molar-refractivity contribution in [1.82, 2.24) is 19.9 Å². The van der Waals surface area contributed by atoms with E-state index in [-0.39, 0.29) is 18.4 Å². The molecular weight excluding hydrogens is 447 g/mol. The van der Waals surface area contributed by atoms with Gasteiger partial charge in [0.1, 0.15) is 24.4 Å². The van der Waals surface area contributed by atoms with Crippen LogP contribution in [0.2, 0.25) is 0 Å². The van der Waals surface area contributed by atoms with Crippen molar-refractivity contribution in [2.45, 2.75) is 18.8 Å². The van der Waals surface area contributed by atoms with Gasteiger partial charge in [-0.15, -0.1) is 13.2 Å². The van der Waals surface area contributed by atoms with Crippen LogP contribution in [0.5, 0.6) is 11.5 Å². The van der Waals surface area contributed by atoms with Gasteiger partial charge in [0.05, 0.1) is 11.1 Å². The first kappa shape index (κ1) is 23.0. The van der Waals surface area contributed by atoms with Gasteiger partial charge in [-0.3, -0.25) is 0 Å². The summed E-state index contributed by atoms with van der Waals surface area (Å²) in [4.78, 5) is 13.9. The van der Waals surface area contributed by atoms with Crippen molar-refractivity contribution in [3.8, 4) is 23.3 Å². The number of hydrogen-bond donors (Lipinski definition) is 2. The van der Waals surface area contributed by atoms with Crippen LogP contribution < -0.4 is 14.8 Å². The molecule has 1 atom stereocenters. The number of likely N-dealkylation sites (tertiary alicyclic amines) is 1. The summed E-state index contributed by atoms with van der Waals surface area (Å²) in [7, 11) is 0. The molecule has 1 aliphatic heterocycles. The normalized spacial score (nSPS) is 15.5. The van der Waals surface area contributed by atoms with Crippen molar-refractivity contribution < 1.29 is 22.6 Å². The van der Waals surface area contributed by atoms with E-state index in [1.807, 2.05) is 6.07 Å². The molecule has 1 aromatic carbocycles. The number of fused-ring (bicyclic) bond motifs is 1. The van der Waals surface area contributed by atoms with Crippen LogP contribution in [0.15, 0.2) is 61.6 Å². The van der Waals surface area contributed by atoms with E-state index in [1.54, 1.807) is 12.1 Å². The number of nitrogens with one attached hydrogen (secondary N) is 2. The van der Waals surface area contributed by atoms with Crippen LogP contribution in [0.1, 0.15) is 12.1 Å². The lowest BCUT2D eigenvalue weighted by Gasteiger charge is -2.19. The molecule has 0 saturated carbocycles. The molecule has 176 valence electrons. The average molecular weight is 469 g/mol. The Labute approximate surface area is 194 Å². The zero-order valence-corrected chi connectivity index (χ0v) is 18.2. The molecule has 0 amide bonds. The summed E-state index contributed by atoms with van der Waals surface area (Å²) < 4.78 is 46.9. The SMILES string of the molecule is C=CC(=C)N1CC[C@@H](Nc2ncnc3[nH]c(C#CCOc4ccccc4OC(F)(F)F)cc23)C1. The number of nitrogens with zero attached hydrogens (tertiary/aromatic N) is 3. The minimum atomic E-state index is -4.81. The van der Waals surface area contributed by atoms with Gasteiger partial charge in [-0.05, 0) is 36.6 Å². The highest BCUT2D eigenvalue weighted by atomic mass is 19.4. The smallest absolute Gasteiger partial charge is 0.477 e. The molecule has 0 bridgehead atoms. The fourth-order valence-electron chi connectivity index (χ4n) is 3.61. The second-order valence-electron chi connectivity index (χ2n) is 7.52. The number of H-pyrrole nitrogens is 1. The Kier molecular flexibility index (Phi) is 6.63. The number of rotatable bonds is 7. The summed E-state index contributed by atoms with van der Waals surface area (Å²) in [6, 6.07) is 7.56. The second kappa shape index (κ2) is 9.79. The number of alkyl halides is 3. The van der Waals surface area contributed by atoms with Crippen LogP contribution in [0.4, 0.5) is 19.0 Å². The number of halogens is 3. The molecular formula is C24H22F3N5O2. The molecule has 3 aromatic rings. The third kappa shape index (κ3) is 5.61. The highest BCUT2D eigenvalue weighted by molar-refractivity contribution is 5.88. The summed E-state index contributed by atoms with van der Waals surface area (Å²) in [5, 5.41) is 4.24. The van der Waals surface area contributed by atoms with Crippen molar-refractivity contribution in [2.24, 2.45) is 0 Å². The number of benzene rings is 1. The van der Waals surface area contributed by atoms with E-state index in [4.69, 9.17) is 4.74 Å². The Bertz CT molecular complexity index is 1260. The van der Waals surface area contributed by atoms with Gasteiger partial charge >= 0.3 is 6.36 Å². The lowest BCUT2D eigenvalue weighted by molar-refractivity contribution is -0.275. The zero-order chi connectivity index (χ0) is 24.1. The van der Waals surface area contributed by atoms with Crippen LogP contribution in [0.25, 0.3) is 11.0 Å². The van der Waals surface area contributed by atoms with E-state index in [0.717, 1.165) is 30.6 Å². The van der Waals surface area contributed by atoms with Gasteiger partial charge in [-0.2, -0.15) is 0 Å². The Morgan fingerprint density at radius 1 is 1.29 bits per heavy atom. The molecule has 10 heteroatoms. The second-order valence-corrected chi connectivity index (χ2v) is 7.52. The molecule has 0 radical (unpaired) electrons. The first-order chi connectivity index (χ1) is 16.3. The van der Waals surface area contributed by atoms with Crippen molar-refractivity contribution in [1.29, 1.82) is 0 Å². The maximum absolute atomic E-state index is 12.5. The molecule has 2 aromatic heterocycles. The summed E-state index contributed by atoms with van der Waals surface area (Å²) in [5.41, 5.74) is 2.10. The molecule has 2 N–H and O–H groups in total. The fourth-order valence-corrected chi connectivity index (χ4v) is 3.61. The van der Waals surface area contributed by atoms with Crippen molar-refractivity contribution in [3.05, 3.63) is 67.3 Å². The lowest BCUT2D eigenvalue weighted by Crippen LogP contribution is -2.25. The summed E-state index contributed by atoms with van der Waals surface area (Å²) >= 11 is 0. The molecule has 1 fully saturated rings. The monoisotopic (exact) mass is 469 g/mol. The Hall–Kier alpha value is -4.13. The van der Waals surface area contributed by atoms with E-state index >= 15 is 0 Å². The third-order valence-electron chi connectivity index (χ3n) is 5.19. The van der Waals surface area contributed by atoms with Gasteiger partial charge in [-0.1, -0.05) is 31.2 Å². The van der Waals surface area contributed by atoms with E-state index < -0.39 is 12.1 Å². The number of allylic oxidation sites excluding steroid dienone is 1. The number of anilines is 1. The van der Waals surface area contributed by atoms with E-state index in [0.29, 0.717) is 17.2 Å². The minimum absolute atomic E-state index is 0.0483. The van der Waals surface area contributed by atoms with Gasteiger partial charge < -0.3 is 24.7 Å². The maximum atomic E-state index is 12.5. The van der Waals surface area contributed by atoms with Crippen molar-refractivity contribution in [3.63, 3.8) is 0 Å². The van der Waals surface area contributed by atoms with Crippen LogP contribution in [-0.4, -0.2) is 52.0 Å². The quantitative estimate of drug-likeness (QED) is 0.393. The predicted octanol–water partition coefficient (Wildman–Crippen LogP) is 4.47. The average Bonchev–Trinajstić information content (AvgIpc) is 3.43. The lowest BCUT2D eigenvalue weighted by atomic mass is 10.2. The molecule has 34 heavy (non-hydrogen) atoms. The van der Waals surface area contributed by atoms with Crippen LogP contribution >= 0.6 is 0 Å². The van der Waals surface area contributed by atoms with Crippen molar-refractivity contribution >= 4 is 16.9 Å². The number of hydrogen-bond acceptors (Lipinski definition) is 6. The molecule has 4 rings (SSSR count). The fraction of sp³-hybridized carbons (Fsp3) is 0.250. The highest BCUT2D eigenvalue weighted by Crippen LogP contribution is 2.31. The first-order valence-electron chi connectivity index (χ1n) is 10.5. The maximum Gasteiger partial charge on any atom is 0.573 e. The molecule has 0 unspecified atom stereocenters. The summed E-state index contributed by atoms with van der Waals surface area (Å²) in [6.07, 6.45) is -0.659. The van der Waals surface area contributed by atoms with Crippen molar-refractivity contribution in [2.75, 3.05) is 25.0 Å². The predicted molar refractivity (Wildman–Crippen MR) is 122 cm³/mol. The van der Waals surface area contributed by atoms with Crippen LogP contribution in [0.3, 0.4) is 0 Å². The van der Waals surface area contributed by atoms with E-state index in [9.17, 15) is 13.2 Å². The van der Waals surface area contributed by atoms with E-state index in [1.165, 1.54) is 24.5 Å².